The molecular weight excluding hydrogens is 386 g/mol. The molecule has 5 rings (SSSR count). The third kappa shape index (κ3) is 3.99. The Morgan fingerprint density at radius 3 is 2.71 bits per heavy atom. The zero-order valence-electron chi connectivity index (χ0n) is 17.8. The van der Waals surface area contributed by atoms with E-state index in [1.807, 2.05) is 59.9 Å². The van der Waals surface area contributed by atoms with E-state index in [2.05, 4.69) is 44.2 Å². The number of nitrogens with zero attached hydrogens (tertiary/aromatic N) is 5. The summed E-state index contributed by atoms with van der Waals surface area (Å²) in [5.74, 6) is 0.106. The molecule has 4 heterocycles. The number of fused-ring (bicyclic) bond motifs is 1. The van der Waals surface area contributed by atoms with E-state index >= 15 is 0 Å². The molecule has 6 heteroatoms. The van der Waals surface area contributed by atoms with E-state index in [1.54, 1.807) is 0 Å². The number of imidazole rings is 1. The molecule has 0 atom stereocenters. The Labute approximate surface area is 182 Å². The summed E-state index contributed by atoms with van der Waals surface area (Å²) in [6.07, 6.45) is 6.92. The van der Waals surface area contributed by atoms with Crippen molar-refractivity contribution in [1.29, 1.82) is 0 Å². The Hall–Kier alpha value is -3.38. The first kappa shape index (κ1) is 19.6. The lowest BCUT2D eigenvalue weighted by Gasteiger charge is -2.20. The molecule has 0 unspecified atom stereocenters. The first-order valence-corrected chi connectivity index (χ1v) is 10.8. The van der Waals surface area contributed by atoms with Crippen molar-refractivity contribution in [3.8, 4) is 11.4 Å². The van der Waals surface area contributed by atoms with Crippen LogP contribution >= 0.6 is 0 Å². The molecule has 158 valence electrons. The van der Waals surface area contributed by atoms with Gasteiger partial charge in [0.05, 0.1) is 23.1 Å². The summed E-state index contributed by atoms with van der Waals surface area (Å²) in [5, 5.41) is 0. The van der Waals surface area contributed by atoms with Gasteiger partial charge in [-0.1, -0.05) is 36.4 Å². The molecule has 1 aromatic carbocycles. The predicted octanol–water partition coefficient (Wildman–Crippen LogP) is 3.63. The van der Waals surface area contributed by atoms with E-state index in [0.29, 0.717) is 0 Å². The van der Waals surface area contributed by atoms with Crippen molar-refractivity contribution in [2.24, 2.45) is 0 Å². The van der Waals surface area contributed by atoms with E-state index in [4.69, 9.17) is 0 Å². The SMILES string of the molecule is CN1CCCN(C(=O)c2cc(-c3cn(Cc4ccccc4)cn3)n3ccccc23)CC1. The van der Waals surface area contributed by atoms with E-state index in [-0.39, 0.29) is 5.91 Å². The average molecular weight is 414 g/mol. The number of carbonyl (C=O) groups excluding carboxylic acids is 1. The molecule has 1 aliphatic heterocycles. The Morgan fingerprint density at radius 1 is 1.00 bits per heavy atom. The number of amides is 1. The van der Waals surface area contributed by atoms with Gasteiger partial charge in [-0.3, -0.25) is 4.79 Å². The number of pyridine rings is 1. The molecule has 0 N–H and O–H groups in total. The Kier molecular flexibility index (Phi) is 5.30. The van der Waals surface area contributed by atoms with Crippen LogP contribution in [0.5, 0.6) is 0 Å². The number of hydrogen-bond acceptors (Lipinski definition) is 3. The lowest BCUT2D eigenvalue weighted by atomic mass is 10.2. The molecule has 1 amide bonds. The number of likely N-dealkylation sites (N-methyl/N-ethyl adjacent to an activating group) is 1. The molecule has 1 saturated heterocycles. The second-order valence-corrected chi connectivity index (χ2v) is 8.27. The summed E-state index contributed by atoms with van der Waals surface area (Å²) >= 11 is 0. The molecule has 0 saturated carbocycles. The highest BCUT2D eigenvalue weighted by Gasteiger charge is 2.23. The molecule has 4 aromatic rings. The molecule has 6 nitrogen and oxygen atoms in total. The van der Waals surface area contributed by atoms with Crippen LogP contribution in [-0.2, 0) is 6.54 Å². The minimum Gasteiger partial charge on any atom is -0.337 e. The van der Waals surface area contributed by atoms with Gasteiger partial charge in [-0.15, -0.1) is 0 Å². The molecule has 0 aliphatic carbocycles. The van der Waals surface area contributed by atoms with Gasteiger partial charge in [-0.05, 0) is 43.8 Å². The fraction of sp³-hybridized carbons (Fsp3) is 0.280. The Morgan fingerprint density at radius 2 is 1.84 bits per heavy atom. The Balaban J connectivity index is 1.47. The van der Waals surface area contributed by atoms with Crippen molar-refractivity contribution in [1.82, 2.24) is 23.8 Å². The van der Waals surface area contributed by atoms with Crippen LogP contribution < -0.4 is 0 Å². The van der Waals surface area contributed by atoms with Crippen molar-refractivity contribution < 1.29 is 4.79 Å². The van der Waals surface area contributed by atoms with Gasteiger partial charge >= 0.3 is 0 Å². The number of aromatic nitrogens is 3. The van der Waals surface area contributed by atoms with E-state index in [9.17, 15) is 4.79 Å². The Bertz CT molecular complexity index is 1190. The molecule has 0 radical (unpaired) electrons. The number of benzene rings is 1. The summed E-state index contributed by atoms with van der Waals surface area (Å²) in [4.78, 5) is 22.4. The van der Waals surface area contributed by atoms with Crippen LogP contribution in [0.1, 0.15) is 22.3 Å². The van der Waals surface area contributed by atoms with Crippen LogP contribution in [0.15, 0.2) is 73.3 Å². The molecular formula is C25H27N5O. The van der Waals surface area contributed by atoms with Gasteiger partial charge < -0.3 is 18.8 Å². The lowest BCUT2D eigenvalue weighted by Crippen LogP contribution is -2.34. The topological polar surface area (TPSA) is 45.8 Å². The van der Waals surface area contributed by atoms with Crippen molar-refractivity contribution in [2.75, 3.05) is 33.2 Å². The number of carbonyl (C=O) groups is 1. The molecule has 31 heavy (non-hydrogen) atoms. The zero-order chi connectivity index (χ0) is 21.2. The van der Waals surface area contributed by atoms with Crippen molar-refractivity contribution >= 4 is 11.4 Å². The van der Waals surface area contributed by atoms with Gasteiger partial charge in [0.1, 0.15) is 5.69 Å². The summed E-state index contributed by atoms with van der Waals surface area (Å²) < 4.78 is 4.16. The van der Waals surface area contributed by atoms with Crippen molar-refractivity contribution in [3.63, 3.8) is 0 Å². The zero-order valence-corrected chi connectivity index (χ0v) is 17.8. The first-order valence-electron chi connectivity index (χ1n) is 10.8. The van der Waals surface area contributed by atoms with Gasteiger partial charge in [0.25, 0.3) is 5.91 Å². The van der Waals surface area contributed by atoms with Gasteiger partial charge in [0.2, 0.25) is 0 Å². The van der Waals surface area contributed by atoms with Gasteiger partial charge in [-0.2, -0.15) is 0 Å². The maximum atomic E-state index is 13.4. The summed E-state index contributed by atoms with van der Waals surface area (Å²) in [7, 11) is 2.12. The monoisotopic (exact) mass is 413 g/mol. The van der Waals surface area contributed by atoms with Crippen LogP contribution in [0.2, 0.25) is 0 Å². The minimum absolute atomic E-state index is 0.106. The van der Waals surface area contributed by atoms with Crippen LogP contribution in [0.3, 0.4) is 0 Å². The van der Waals surface area contributed by atoms with E-state index in [0.717, 1.165) is 61.6 Å². The van der Waals surface area contributed by atoms with E-state index < -0.39 is 0 Å². The molecule has 0 bridgehead atoms. The summed E-state index contributed by atoms with van der Waals surface area (Å²) in [6, 6.07) is 18.3. The second-order valence-electron chi connectivity index (χ2n) is 8.27. The standard InChI is InChI=1S/C25H27N5O/c1-27-11-7-12-29(15-14-27)25(31)21-16-24(30-13-6-5-10-23(21)30)22-18-28(19-26-22)17-20-8-3-2-4-9-20/h2-6,8-10,13,16,18-19H,7,11-12,14-15,17H2,1H3. The minimum atomic E-state index is 0.106. The molecule has 3 aromatic heterocycles. The summed E-state index contributed by atoms with van der Waals surface area (Å²) in [5.41, 5.74) is 4.72. The van der Waals surface area contributed by atoms with Crippen LogP contribution in [0.4, 0.5) is 0 Å². The normalized spacial score (nSPS) is 15.3. The summed E-state index contributed by atoms with van der Waals surface area (Å²) in [6.45, 7) is 4.28. The fourth-order valence-electron chi connectivity index (χ4n) is 4.31. The third-order valence-electron chi connectivity index (χ3n) is 6.02. The van der Waals surface area contributed by atoms with E-state index in [1.165, 1.54) is 5.56 Å². The fourth-order valence-corrected chi connectivity index (χ4v) is 4.31. The maximum Gasteiger partial charge on any atom is 0.256 e. The maximum absolute atomic E-state index is 13.4. The van der Waals surface area contributed by atoms with Crippen molar-refractivity contribution in [2.45, 2.75) is 13.0 Å². The predicted molar refractivity (Wildman–Crippen MR) is 122 cm³/mol. The highest BCUT2D eigenvalue weighted by molar-refractivity contribution is 6.02. The quantitative estimate of drug-likeness (QED) is 0.513. The van der Waals surface area contributed by atoms with Crippen LogP contribution in [0, 0.1) is 0 Å². The number of rotatable bonds is 4. The average Bonchev–Trinajstić information content (AvgIpc) is 3.34. The largest absolute Gasteiger partial charge is 0.337 e. The molecule has 1 fully saturated rings. The van der Waals surface area contributed by atoms with Crippen LogP contribution in [-0.4, -0.2) is 62.9 Å². The second kappa shape index (κ2) is 8.40. The molecule has 1 aliphatic rings. The highest BCUT2D eigenvalue weighted by atomic mass is 16.2. The lowest BCUT2D eigenvalue weighted by molar-refractivity contribution is 0.0765. The third-order valence-corrected chi connectivity index (χ3v) is 6.02. The van der Waals surface area contributed by atoms with Gasteiger partial charge in [0.15, 0.2) is 0 Å². The molecule has 0 spiro atoms. The van der Waals surface area contributed by atoms with Gasteiger partial charge in [-0.25, -0.2) is 4.98 Å². The van der Waals surface area contributed by atoms with Gasteiger partial charge in [0, 0.05) is 38.6 Å². The first-order chi connectivity index (χ1) is 15.2. The highest BCUT2D eigenvalue weighted by Crippen LogP contribution is 2.26. The smallest absolute Gasteiger partial charge is 0.256 e. The number of hydrogen-bond donors (Lipinski definition) is 0. The van der Waals surface area contributed by atoms with Crippen molar-refractivity contribution in [3.05, 3.63) is 84.4 Å². The van der Waals surface area contributed by atoms with Crippen LogP contribution in [0.25, 0.3) is 16.9 Å².